The number of benzene rings is 2. The van der Waals surface area contributed by atoms with E-state index < -0.39 is 5.97 Å². The molecule has 7 heteroatoms. The molecule has 2 rings (SSSR count). The molecule has 2 aromatic rings. The molecule has 0 bridgehead atoms. The lowest BCUT2D eigenvalue weighted by Crippen LogP contribution is -2.29. The summed E-state index contributed by atoms with van der Waals surface area (Å²) in [4.78, 5) is 23.6. The Morgan fingerprint density at radius 1 is 1.08 bits per heavy atom. The molecular weight excluding hydrogens is 342 g/mol. The minimum Gasteiger partial charge on any atom is -0.493 e. The van der Waals surface area contributed by atoms with Gasteiger partial charge < -0.3 is 19.9 Å². The number of hydrogen-bond acceptors (Lipinski definition) is 5. The monoisotopic (exact) mass is 361 g/mol. The van der Waals surface area contributed by atoms with Crippen molar-refractivity contribution in [1.29, 1.82) is 0 Å². The number of nitrogens with one attached hydrogen (secondary N) is 1. The number of methoxy groups -OCH3 is 1. The maximum Gasteiger partial charge on any atom is 0.336 e. The number of hydrogen-bond donors (Lipinski definition) is 2. The van der Waals surface area contributed by atoms with Gasteiger partial charge in [0.2, 0.25) is 5.91 Å². The highest BCUT2D eigenvalue weighted by Gasteiger charge is 2.11. The molecule has 2 N–H and O–H groups in total. The minimum absolute atomic E-state index is 0.138. The highest BCUT2D eigenvalue weighted by Crippen LogP contribution is 2.25. The zero-order valence-electron chi connectivity index (χ0n) is 13.7. The molecule has 1 amide bonds. The van der Waals surface area contributed by atoms with E-state index >= 15 is 0 Å². The lowest BCUT2D eigenvalue weighted by Gasteiger charge is -2.11. The van der Waals surface area contributed by atoms with Crippen LogP contribution in [0, 0.1) is 0 Å². The number of carbonyl (C=O) groups is 2. The maximum atomic E-state index is 11.9. The summed E-state index contributed by atoms with van der Waals surface area (Å²) in [6.45, 7) is 0.653. The van der Waals surface area contributed by atoms with Crippen LogP contribution < -0.4 is 14.8 Å². The Balaban J connectivity index is 1.74. The van der Waals surface area contributed by atoms with Crippen LogP contribution in [0.15, 0.2) is 53.4 Å². The molecule has 0 aliphatic heterocycles. The Morgan fingerprint density at radius 3 is 2.48 bits per heavy atom. The number of carboxylic acids is 1. The van der Waals surface area contributed by atoms with Crippen molar-refractivity contribution in [2.24, 2.45) is 0 Å². The molecule has 0 unspecified atom stereocenters. The van der Waals surface area contributed by atoms with Crippen molar-refractivity contribution >= 4 is 23.6 Å². The zero-order chi connectivity index (χ0) is 18.1. The summed E-state index contributed by atoms with van der Waals surface area (Å²) in [5.41, 5.74) is 0.194. The first-order valence-corrected chi connectivity index (χ1v) is 8.58. The fourth-order valence-corrected chi connectivity index (χ4v) is 2.93. The van der Waals surface area contributed by atoms with E-state index in [-0.39, 0.29) is 17.2 Å². The van der Waals surface area contributed by atoms with Gasteiger partial charge in [-0.25, -0.2) is 4.79 Å². The van der Waals surface area contributed by atoms with Gasteiger partial charge in [0, 0.05) is 4.90 Å². The summed E-state index contributed by atoms with van der Waals surface area (Å²) in [5.74, 6) is 0.195. The number of amides is 1. The highest BCUT2D eigenvalue weighted by atomic mass is 32.2. The lowest BCUT2D eigenvalue weighted by atomic mass is 10.2. The van der Waals surface area contributed by atoms with Crippen LogP contribution in [0.4, 0.5) is 0 Å². The second-order valence-electron chi connectivity index (χ2n) is 4.94. The van der Waals surface area contributed by atoms with Crippen LogP contribution in [0.1, 0.15) is 10.4 Å². The molecule has 0 aromatic heterocycles. The summed E-state index contributed by atoms with van der Waals surface area (Å²) in [7, 11) is 1.57. The summed E-state index contributed by atoms with van der Waals surface area (Å²) in [5, 5.41) is 11.9. The smallest absolute Gasteiger partial charge is 0.336 e. The second kappa shape index (κ2) is 9.58. The minimum atomic E-state index is -1.01. The fourth-order valence-electron chi connectivity index (χ4n) is 2.05. The normalized spacial score (nSPS) is 10.1. The van der Waals surface area contributed by atoms with E-state index in [1.54, 1.807) is 37.4 Å². The van der Waals surface area contributed by atoms with Crippen LogP contribution in [-0.4, -0.2) is 43.0 Å². The van der Waals surface area contributed by atoms with Gasteiger partial charge in [-0.1, -0.05) is 24.3 Å². The van der Waals surface area contributed by atoms with Crippen LogP contribution in [0.25, 0.3) is 0 Å². The predicted octanol–water partition coefficient (Wildman–Crippen LogP) is 2.68. The van der Waals surface area contributed by atoms with Crippen LogP contribution in [0.2, 0.25) is 0 Å². The van der Waals surface area contributed by atoms with Crippen molar-refractivity contribution in [2.45, 2.75) is 4.90 Å². The number of aromatic carboxylic acids is 1. The third-order valence-corrected chi connectivity index (χ3v) is 4.30. The van der Waals surface area contributed by atoms with E-state index in [2.05, 4.69) is 5.32 Å². The molecule has 0 fully saturated rings. The fraction of sp³-hybridized carbons (Fsp3) is 0.222. The van der Waals surface area contributed by atoms with Gasteiger partial charge in [0.15, 0.2) is 11.5 Å². The van der Waals surface area contributed by atoms with E-state index in [4.69, 9.17) is 14.6 Å². The van der Waals surface area contributed by atoms with Crippen LogP contribution in [-0.2, 0) is 4.79 Å². The van der Waals surface area contributed by atoms with Crippen molar-refractivity contribution in [3.8, 4) is 11.5 Å². The molecule has 0 aliphatic carbocycles. The largest absolute Gasteiger partial charge is 0.493 e. The van der Waals surface area contributed by atoms with Gasteiger partial charge in [0.25, 0.3) is 0 Å². The average molecular weight is 361 g/mol. The van der Waals surface area contributed by atoms with E-state index in [9.17, 15) is 9.59 Å². The molecular formula is C18H19NO5S. The number of carboxylic acid groups (broad SMARTS) is 1. The quantitative estimate of drug-likeness (QED) is 0.528. The first-order chi connectivity index (χ1) is 12.1. The third kappa shape index (κ3) is 5.72. The predicted molar refractivity (Wildman–Crippen MR) is 95.6 cm³/mol. The number of carbonyl (C=O) groups excluding carboxylic acids is 1. The van der Waals surface area contributed by atoms with Crippen molar-refractivity contribution in [3.63, 3.8) is 0 Å². The summed E-state index contributed by atoms with van der Waals surface area (Å²) < 4.78 is 10.7. The van der Waals surface area contributed by atoms with Gasteiger partial charge in [-0.05, 0) is 24.3 Å². The number of ether oxygens (including phenoxy) is 2. The highest BCUT2D eigenvalue weighted by molar-refractivity contribution is 8.00. The molecule has 0 heterocycles. The Labute approximate surface area is 150 Å². The molecule has 0 radical (unpaired) electrons. The lowest BCUT2D eigenvalue weighted by molar-refractivity contribution is -0.118. The van der Waals surface area contributed by atoms with Crippen LogP contribution >= 0.6 is 11.8 Å². The van der Waals surface area contributed by atoms with E-state index in [0.717, 1.165) is 0 Å². The Bertz CT molecular complexity index is 735. The van der Waals surface area contributed by atoms with E-state index in [0.29, 0.717) is 29.5 Å². The first-order valence-electron chi connectivity index (χ1n) is 7.59. The van der Waals surface area contributed by atoms with E-state index in [1.807, 2.05) is 12.1 Å². The van der Waals surface area contributed by atoms with Gasteiger partial charge >= 0.3 is 5.97 Å². The molecule has 0 saturated heterocycles. The van der Waals surface area contributed by atoms with Gasteiger partial charge in [0.1, 0.15) is 6.61 Å². The number of para-hydroxylation sites is 2. The first kappa shape index (κ1) is 18.7. The molecule has 0 saturated carbocycles. The Kier molecular flexibility index (Phi) is 7.16. The standard InChI is InChI=1S/C18H19NO5S/c1-23-14-7-3-4-8-15(14)24-11-10-19-17(20)12-25-16-9-5-2-6-13(16)18(21)22/h2-9H,10-12H2,1H3,(H,19,20)(H,21,22). The maximum absolute atomic E-state index is 11.9. The Hall–Kier alpha value is -2.67. The number of rotatable bonds is 9. The van der Waals surface area contributed by atoms with Gasteiger partial charge in [-0.3, -0.25) is 4.79 Å². The summed E-state index contributed by atoms with van der Waals surface area (Å²) in [6.07, 6.45) is 0. The Morgan fingerprint density at radius 2 is 1.76 bits per heavy atom. The molecule has 0 aliphatic rings. The molecule has 6 nitrogen and oxygen atoms in total. The average Bonchev–Trinajstić information content (AvgIpc) is 2.64. The molecule has 2 aromatic carbocycles. The SMILES string of the molecule is COc1ccccc1OCCNC(=O)CSc1ccccc1C(=O)O. The van der Waals surface area contributed by atoms with Gasteiger partial charge in [-0.15, -0.1) is 11.8 Å². The van der Waals surface area contributed by atoms with Crippen molar-refractivity contribution in [2.75, 3.05) is 26.0 Å². The van der Waals surface area contributed by atoms with Crippen LogP contribution in [0.3, 0.4) is 0 Å². The summed E-state index contributed by atoms with van der Waals surface area (Å²) in [6, 6.07) is 13.9. The van der Waals surface area contributed by atoms with Crippen molar-refractivity contribution < 1.29 is 24.2 Å². The van der Waals surface area contributed by atoms with Crippen LogP contribution in [0.5, 0.6) is 11.5 Å². The molecule has 132 valence electrons. The second-order valence-corrected chi connectivity index (χ2v) is 5.96. The third-order valence-electron chi connectivity index (χ3n) is 3.23. The molecule has 25 heavy (non-hydrogen) atoms. The van der Waals surface area contributed by atoms with Gasteiger partial charge in [0.05, 0.1) is 25.0 Å². The van der Waals surface area contributed by atoms with Gasteiger partial charge in [-0.2, -0.15) is 0 Å². The molecule has 0 atom stereocenters. The van der Waals surface area contributed by atoms with Crippen molar-refractivity contribution in [1.82, 2.24) is 5.32 Å². The topological polar surface area (TPSA) is 84.9 Å². The van der Waals surface area contributed by atoms with Crippen molar-refractivity contribution in [3.05, 3.63) is 54.1 Å². The zero-order valence-corrected chi connectivity index (χ0v) is 14.5. The number of thioether (sulfide) groups is 1. The summed E-state index contributed by atoms with van der Waals surface area (Å²) >= 11 is 1.19. The molecule has 0 spiro atoms. The van der Waals surface area contributed by atoms with E-state index in [1.165, 1.54) is 17.8 Å².